The molecule has 2 aromatic rings. The average molecular weight is 264 g/mol. The number of nitriles is 1. The van der Waals surface area contributed by atoms with Crippen LogP contribution in [0.3, 0.4) is 0 Å². The Morgan fingerprint density at radius 2 is 1.70 bits per heavy atom. The van der Waals surface area contributed by atoms with Crippen LogP contribution >= 0.6 is 0 Å². The predicted molar refractivity (Wildman–Crippen MR) is 79.4 cm³/mol. The molecule has 0 bridgehead atoms. The maximum Gasteiger partial charge on any atom is 0.248 e. The second-order valence-electron chi connectivity index (χ2n) is 4.66. The van der Waals surface area contributed by atoms with Gasteiger partial charge in [0.1, 0.15) is 0 Å². The molecule has 1 unspecified atom stereocenters. The van der Waals surface area contributed by atoms with E-state index in [9.17, 15) is 10.1 Å². The number of carbonyl (C=O) groups is 1. The number of rotatable bonds is 3. The Morgan fingerprint density at radius 1 is 1.10 bits per heavy atom. The van der Waals surface area contributed by atoms with E-state index in [1.54, 1.807) is 24.1 Å². The van der Waals surface area contributed by atoms with E-state index in [-0.39, 0.29) is 5.91 Å². The first-order valence-corrected chi connectivity index (χ1v) is 6.43. The van der Waals surface area contributed by atoms with E-state index in [4.69, 9.17) is 0 Å². The van der Waals surface area contributed by atoms with Crippen LogP contribution in [0.4, 0.5) is 5.69 Å². The highest BCUT2D eigenvalue weighted by Gasteiger charge is 2.24. The van der Waals surface area contributed by atoms with Crippen molar-refractivity contribution in [3.8, 4) is 6.07 Å². The number of aryl methyl sites for hydroxylation is 1. The summed E-state index contributed by atoms with van der Waals surface area (Å²) in [6.07, 6.45) is 0. The second kappa shape index (κ2) is 6.03. The minimum atomic E-state index is -0.777. The lowest BCUT2D eigenvalue weighted by atomic mass is 9.99. The Balaban J connectivity index is 2.31. The van der Waals surface area contributed by atoms with Gasteiger partial charge in [-0.3, -0.25) is 4.79 Å². The first kappa shape index (κ1) is 13.8. The summed E-state index contributed by atoms with van der Waals surface area (Å²) in [6, 6.07) is 18.9. The predicted octanol–water partition coefficient (Wildman–Crippen LogP) is 3.27. The summed E-state index contributed by atoms with van der Waals surface area (Å²) in [5.41, 5.74) is 2.56. The Hall–Kier alpha value is -2.60. The Labute approximate surface area is 119 Å². The summed E-state index contributed by atoms with van der Waals surface area (Å²) in [4.78, 5) is 14.1. The third-order valence-corrected chi connectivity index (χ3v) is 3.32. The summed E-state index contributed by atoms with van der Waals surface area (Å²) in [7, 11) is 1.71. The van der Waals surface area contributed by atoms with Crippen molar-refractivity contribution in [2.24, 2.45) is 0 Å². The number of hydrogen-bond donors (Lipinski definition) is 0. The van der Waals surface area contributed by atoms with Crippen LogP contribution in [0.5, 0.6) is 0 Å². The first-order valence-electron chi connectivity index (χ1n) is 6.43. The standard InChI is InChI=1S/C17H16N2O/c1-13-8-6-7-11-16(13)19(2)17(20)15(12-18)14-9-4-3-5-10-14/h3-11,15H,1-2H3. The number of anilines is 1. The number of para-hydroxylation sites is 1. The fourth-order valence-electron chi connectivity index (χ4n) is 2.17. The molecule has 0 saturated carbocycles. The van der Waals surface area contributed by atoms with E-state index in [1.807, 2.05) is 49.4 Å². The van der Waals surface area contributed by atoms with Crippen molar-refractivity contribution in [3.63, 3.8) is 0 Å². The van der Waals surface area contributed by atoms with Crippen LogP contribution in [-0.4, -0.2) is 13.0 Å². The quantitative estimate of drug-likeness (QED) is 0.854. The molecule has 100 valence electrons. The van der Waals surface area contributed by atoms with Crippen LogP contribution in [0.15, 0.2) is 54.6 Å². The van der Waals surface area contributed by atoms with E-state index in [2.05, 4.69) is 6.07 Å². The lowest BCUT2D eigenvalue weighted by molar-refractivity contribution is -0.118. The maximum atomic E-state index is 12.5. The van der Waals surface area contributed by atoms with Crippen molar-refractivity contribution < 1.29 is 4.79 Å². The van der Waals surface area contributed by atoms with Gasteiger partial charge in [0.25, 0.3) is 0 Å². The molecule has 0 N–H and O–H groups in total. The van der Waals surface area contributed by atoms with Crippen molar-refractivity contribution in [1.29, 1.82) is 5.26 Å². The van der Waals surface area contributed by atoms with E-state index >= 15 is 0 Å². The van der Waals surface area contributed by atoms with Gasteiger partial charge in [-0.2, -0.15) is 5.26 Å². The fraction of sp³-hybridized carbons (Fsp3) is 0.176. The second-order valence-corrected chi connectivity index (χ2v) is 4.66. The lowest BCUT2D eigenvalue weighted by Gasteiger charge is -2.22. The monoisotopic (exact) mass is 264 g/mol. The van der Waals surface area contributed by atoms with Crippen molar-refractivity contribution in [3.05, 3.63) is 65.7 Å². The molecule has 0 fully saturated rings. The molecule has 2 rings (SSSR count). The third-order valence-electron chi connectivity index (χ3n) is 3.32. The lowest BCUT2D eigenvalue weighted by Crippen LogP contribution is -2.31. The van der Waals surface area contributed by atoms with Gasteiger partial charge in [0.05, 0.1) is 6.07 Å². The van der Waals surface area contributed by atoms with Crippen molar-refractivity contribution in [2.45, 2.75) is 12.8 Å². The van der Waals surface area contributed by atoms with Gasteiger partial charge in [-0.25, -0.2) is 0 Å². The molecule has 1 amide bonds. The van der Waals surface area contributed by atoms with E-state index < -0.39 is 5.92 Å². The summed E-state index contributed by atoms with van der Waals surface area (Å²) in [5, 5.41) is 9.32. The van der Waals surface area contributed by atoms with Crippen LogP contribution in [-0.2, 0) is 4.79 Å². The highest BCUT2D eigenvalue weighted by atomic mass is 16.2. The Morgan fingerprint density at radius 3 is 2.30 bits per heavy atom. The van der Waals surface area contributed by atoms with Gasteiger partial charge in [-0.15, -0.1) is 0 Å². The zero-order chi connectivity index (χ0) is 14.5. The number of likely N-dealkylation sites (N-methyl/N-ethyl adjacent to an activating group) is 1. The molecule has 3 heteroatoms. The minimum Gasteiger partial charge on any atom is -0.314 e. The SMILES string of the molecule is Cc1ccccc1N(C)C(=O)C(C#N)c1ccccc1. The largest absolute Gasteiger partial charge is 0.314 e. The third kappa shape index (κ3) is 2.70. The normalized spacial score (nSPS) is 11.4. The fourth-order valence-corrected chi connectivity index (χ4v) is 2.17. The van der Waals surface area contributed by atoms with Crippen LogP contribution in [0.25, 0.3) is 0 Å². The van der Waals surface area contributed by atoms with Gasteiger partial charge in [0, 0.05) is 12.7 Å². The van der Waals surface area contributed by atoms with Crippen LogP contribution in [0.2, 0.25) is 0 Å². The topological polar surface area (TPSA) is 44.1 Å². The molecule has 2 aromatic carbocycles. The highest BCUT2D eigenvalue weighted by Crippen LogP contribution is 2.23. The maximum absolute atomic E-state index is 12.5. The Bertz CT molecular complexity index is 644. The molecular formula is C17H16N2O. The van der Waals surface area contributed by atoms with Crippen molar-refractivity contribution >= 4 is 11.6 Å². The number of nitrogens with zero attached hydrogens (tertiary/aromatic N) is 2. The molecule has 0 aliphatic rings. The molecule has 0 saturated heterocycles. The van der Waals surface area contributed by atoms with Crippen LogP contribution in [0.1, 0.15) is 17.0 Å². The van der Waals surface area contributed by atoms with Gasteiger partial charge in [-0.1, -0.05) is 48.5 Å². The molecule has 0 aromatic heterocycles. The van der Waals surface area contributed by atoms with Gasteiger partial charge in [0.15, 0.2) is 5.92 Å². The first-order chi connectivity index (χ1) is 9.65. The Kier molecular flexibility index (Phi) is 4.17. The molecule has 0 heterocycles. The number of benzene rings is 2. The van der Waals surface area contributed by atoms with E-state index in [1.165, 1.54) is 0 Å². The summed E-state index contributed by atoms with van der Waals surface area (Å²) >= 11 is 0. The molecule has 0 radical (unpaired) electrons. The van der Waals surface area contributed by atoms with E-state index in [0.29, 0.717) is 0 Å². The molecule has 0 aliphatic carbocycles. The van der Waals surface area contributed by atoms with Crippen LogP contribution in [0, 0.1) is 18.3 Å². The zero-order valence-electron chi connectivity index (χ0n) is 11.6. The number of hydrogen-bond acceptors (Lipinski definition) is 2. The summed E-state index contributed by atoms with van der Waals surface area (Å²) in [6.45, 7) is 1.95. The van der Waals surface area contributed by atoms with Crippen LogP contribution < -0.4 is 4.90 Å². The van der Waals surface area contributed by atoms with Gasteiger partial charge < -0.3 is 4.90 Å². The van der Waals surface area contributed by atoms with E-state index in [0.717, 1.165) is 16.8 Å². The molecule has 0 aliphatic heterocycles. The van der Waals surface area contributed by atoms with Gasteiger partial charge in [-0.05, 0) is 24.1 Å². The molecule has 3 nitrogen and oxygen atoms in total. The number of amides is 1. The van der Waals surface area contributed by atoms with Gasteiger partial charge >= 0.3 is 0 Å². The molecule has 20 heavy (non-hydrogen) atoms. The van der Waals surface area contributed by atoms with Gasteiger partial charge in [0.2, 0.25) is 5.91 Å². The highest BCUT2D eigenvalue weighted by molar-refractivity contribution is 5.99. The number of carbonyl (C=O) groups excluding carboxylic acids is 1. The smallest absolute Gasteiger partial charge is 0.248 e. The summed E-state index contributed by atoms with van der Waals surface area (Å²) < 4.78 is 0. The van der Waals surface area contributed by atoms with Crippen molar-refractivity contribution in [1.82, 2.24) is 0 Å². The average Bonchev–Trinajstić information content (AvgIpc) is 2.49. The summed E-state index contributed by atoms with van der Waals surface area (Å²) in [5.74, 6) is -0.992. The molecule has 0 spiro atoms. The molecular weight excluding hydrogens is 248 g/mol. The minimum absolute atomic E-state index is 0.215. The zero-order valence-corrected chi connectivity index (χ0v) is 11.6. The van der Waals surface area contributed by atoms with Crippen molar-refractivity contribution in [2.75, 3.05) is 11.9 Å². The molecule has 1 atom stereocenters.